The zero-order valence-corrected chi connectivity index (χ0v) is 13.8. The highest BCUT2D eigenvalue weighted by atomic mass is 32.1. The molecular formula is C16H26N4S. The van der Waals surface area contributed by atoms with Gasteiger partial charge >= 0.3 is 0 Å². The molecule has 0 spiro atoms. The molecule has 116 valence electrons. The number of nitrogens with zero attached hydrogens (tertiary/aromatic N) is 4. The van der Waals surface area contributed by atoms with Crippen molar-refractivity contribution in [2.75, 3.05) is 52.9 Å². The molecule has 3 heterocycles. The van der Waals surface area contributed by atoms with E-state index in [4.69, 9.17) is 12.6 Å². The molecule has 1 atom stereocenters. The minimum absolute atomic E-state index is 0.124. The average Bonchev–Trinajstić information content (AvgIpc) is 2.90. The molecule has 21 heavy (non-hydrogen) atoms. The van der Waals surface area contributed by atoms with E-state index >= 15 is 0 Å². The van der Waals surface area contributed by atoms with Gasteiger partial charge in [0, 0.05) is 57.2 Å². The summed E-state index contributed by atoms with van der Waals surface area (Å²) in [6.07, 6.45) is 6.15. The fourth-order valence-electron chi connectivity index (χ4n) is 3.42. The van der Waals surface area contributed by atoms with E-state index in [-0.39, 0.29) is 4.87 Å². The minimum Gasteiger partial charge on any atom is -0.304 e. The summed E-state index contributed by atoms with van der Waals surface area (Å²) < 4.78 is 0. The smallest absolute Gasteiger partial charge is 0.0913 e. The van der Waals surface area contributed by atoms with Crippen LogP contribution >= 0.6 is 12.6 Å². The summed E-state index contributed by atoms with van der Waals surface area (Å²) in [4.78, 5) is 11.7. The van der Waals surface area contributed by atoms with Gasteiger partial charge in [-0.1, -0.05) is 6.07 Å². The number of piperazine rings is 1. The van der Waals surface area contributed by atoms with Crippen LogP contribution in [-0.2, 0) is 4.87 Å². The topological polar surface area (TPSA) is 22.6 Å². The summed E-state index contributed by atoms with van der Waals surface area (Å²) in [5.74, 6) is 0. The summed E-state index contributed by atoms with van der Waals surface area (Å²) in [6.45, 7) is 8.15. The Kier molecular flexibility index (Phi) is 4.84. The molecule has 2 aliphatic rings. The van der Waals surface area contributed by atoms with Crippen LogP contribution in [0.25, 0.3) is 0 Å². The van der Waals surface area contributed by atoms with Gasteiger partial charge in [0.2, 0.25) is 0 Å². The van der Waals surface area contributed by atoms with Crippen molar-refractivity contribution in [1.82, 2.24) is 19.7 Å². The Hall–Kier alpha value is -0.620. The number of thiol groups is 1. The van der Waals surface area contributed by atoms with Crippen LogP contribution in [0.4, 0.5) is 0 Å². The Balaban J connectivity index is 1.59. The van der Waals surface area contributed by atoms with Gasteiger partial charge in [0.05, 0.1) is 4.87 Å². The Morgan fingerprint density at radius 3 is 2.71 bits per heavy atom. The first kappa shape index (κ1) is 15.3. The summed E-state index contributed by atoms with van der Waals surface area (Å²) in [5.41, 5.74) is 1.24. The predicted molar refractivity (Wildman–Crippen MR) is 89.6 cm³/mol. The fraction of sp³-hybridized carbons (Fsp3) is 0.688. The summed E-state index contributed by atoms with van der Waals surface area (Å²) in [5, 5.41) is 0. The third kappa shape index (κ3) is 3.42. The average molecular weight is 306 g/mol. The maximum Gasteiger partial charge on any atom is 0.0913 e. The SMILES string of the molecule is CN1CCN(CCN2CCCC2(S)c2cccnc2)CC1. The number of rotatable bonds is 4. The van der Waals surface area contributed by atoms with Crippen molar-refractivity contribution in [2.45, 2.75) is 17.7 Å². The quantitative estimate of drug-likeness (QED) is 0.852. The van der Waals surface area contributed by atoms with Crippen molar-refractivity contribution in [1.29, 1.82) is 0 Å². The second-order valence-corrected chi connectivity index (χ2v) is 7.03. The standard InChI is InChI=1S/C16H26N4S/c1-18-8-10-19(11-9-18)12-13-20-7-3-5-16(20,21)15-4-2-6-17-14-15/h2,4,6,14,21H,3,5,7-13H2,1H3. The number of aromatic nitrogens is 1. The van der Waals surface area contributed by atoms with Crippen molar-refractivity contribution >= 4 is 12.6 Å². The third-order valence-corrected chi connectivity index (χ3v) is 5.65. The first-order valence-corrected chi connectivity index (χ1v) is 8.42. The third-order valence-electron chi connectivity index (χ3n) is 4.88. The lowest BCUT2D eigenvalue weighted by Crippen LogP contribution is -2.48. The van der Waals surface area contributed by atoms with Crippen LogP contribution in [0.15, 0.2) is 24.5 Å². The number of pyridine rings is 1. The molecule has 1 aromatic rings. The van der Waals surface area contributed by atoms with Crippen LogP contribution < -0.4 is 0 Å². The van der Waals surface area contributed by atoms with E-state index in [1.807, 2.05) is 18.5 Å². The lowest BCUT2D eigenvalue weighted by molar-refractivity contribution is 0.126. The lowest BCUT2D eigenvalue weighted by atomic mass is 10.1. The molecule has 4 nitrogen and oxygen atoms in total. The molecule has 2 fully saturated rings. The normalized spacial score (nSPS) is 29.0. The van der Waals surface area contributed by atoms with Gasteiger partial charge in [-0.05, 0) is 32.5 Å². The molecule has 1 unspecified atom stereocenters. The van der Waals surface area contributed by atoms with Crippen molar-refractivity contribution in [2.24, 2.45) is 0 Å². The van der Waals surface area contributed by atoms with Crippen molar-refractivity contribution in [3.8, 4) is 0 Å². The Labute approximate surface area is 133 Å². The summed E-state index contributed by atoms with van der Waals surface area (Å²) in [7, 11) is 2.21. The van der Waals surface area contributed by atoms with Crippen LogP contribution in [0.5, 0.6) is 0 Å². The fourth-order valence-corrected chi connectivity index (χ4v) is 3.91. The van der Waals surface area contributed by atoms with E-state index < -0.39 is 0 Å². The monoisotopic (exact) mass is 306 g/mol. The van der Waals surface area contributed by atoms with Crippen LogP contribution in [0.3, 0.4) is 0 Å². The van der Waals surface area contributed by atoms with Gasteiger partial charge in [0.25, 0.3) is 0 Å². The first-order valence-electron chi connectivity index (χ1n) is 7.97. The Morgan fingerprint density at radius 1 is 1.19 bits per heavy atom. The summed E-state index contributed by atoms with van der Waals surface area (Å²) in [6, 6.07) is 4.18. The number of hydrogen-bond donors (Lipinski definition) is 1. The Bertz CT molecular complexity index is 447. The van der Waals surface area contributed by atoms with E-state index in [0.29, 0.717) is 0 Å². The van der Waals surface area contributed by atoms with E-state index in [1.54, 1.807) is 0 Å². The van der Waals surface area contributed by atoms with Gasteiger partial charge in [-0.3, -0.25) is 14.8 Å². The molecule has 1 aromatic heterocycles. The van der Waals surface area contributed by atoms with Crippen molar-refractivity contribution < 1.29 is 0 Å². The Morgan fingerprint density at radius 2 is 2.00 bits per heavy atom. The molecule has 2 aliphatic heterocycles. The molecule has 0 aromatic carbocycles. The highest BCUT2D eigenvalue weighted by Crippen LogP contribution is 2.41. The van der Waals surface area contributed by atoms with Crippen molar-refractivity contribution in [3.05, 3.63) is 30.1 Å². The van der Waals surface area contributed by atoms with Gasteiger partial charge in [-0.25, -0.2) is 0 Å². The first-order chi connectivity index (χ1) is 10.2. The molecule has 0 amide bonds. The van der Waals surface area contributed by atoms with Crippen molar-refractivity contribution in [3.63, 3.8) is 0 Å². The number of likely N-dealkylation sites (N-methyl/N-ethyl adjacent to an activating group) is 1. The van der Waals surface area contributed by atoms with Crippen LogP contribution in [0, 0.1) is 0 Å². The van der Waals surface area contributed by atoms with Gasteiger partial charge < -0.3 is 4.90 Å². The highest BCUT2D eigenvalue weighted by molar-refractivity contribution is 7.81. The predicted octanol–water partition coefficient (Wildman–Crippen LogP) is 1.51. The summed E-state index contributed by atoms with van der Waals surface area (Å²) >= 11 is 5.04. The number of likely N-dealkylation sites (tertiary alicyclic amines) is 1. The van der Waals surface area contributed by atoms with Gasteiger partial charge in [-0.15, -0.1) is 0 Å². The van der Waals surface area contributed by atoms with E-state index in [9.17, 15) is 0 Å². The number of hydrogen-bond acceptors (Lipinski definition) is 5. The highest BCUT2D eigenvalue weighted by Gasteiger charge is 2.39. The van der Waals surface area contributed by atoms with Crippen LogP contribution in [-0.4, -0.2) is 72.5 Å². The van der Waals surface area contributed by atoms with Gasteiger partial charge in [0.15, 0.2) is 0 Å². The zero-order valence-electron chi connectivity index (χ0n) is 12.9. The lowest BCUT2D eigenvalue weighted by Gasteiger charge is -2.38. The maximum absolute atomic E-state index is 5.04. The maximum atomic E-state index is 5.04. The largest absolute Gasteiger partial charge is 0.304 e. The van der Waals surface area contributed by atoms with E-state index in [0.717, 1.165) is 26.1 Å². The second kappa shape index (κ2) is 6.65. The minimum atomic E-state index is -0.124. The van der Waals surface area contributed by atoms with Crippen LogP contribution in [0.1, 0.15) is 18.4 Å². The zero-order chi connectivity index (χ0) is 14.7. The molecular weight excluding hydrogens is 280 g/mol. The molecule has 2 saturated heterocycles. The van der Waals surface area contributed by atoms with E-state index in [1.165, 1.54) is 38.2 Å². The molecule has 0 saturated carbocycles. The second-order valence-electron chi connectivity index (χ2n) is 6.29. The van der Waals surface area contributed by atoms with Crippen LogP contribution in [0.2, 0.25) is 0 Å². The van der Waals surface area contributed by atoms with E-state index in [2.05, 4.69) is 32.8 Å². The molecule has 3 rings (SSSR count). The van der Waals surface area contributed by atoms with Gasteiger partial charge in [-0.2, -0.15) is 12.6 Å². The molecule has 5 heteroatoms. The molecule has 0 radical (unpaired) electrons. The molecule has 0 N–H and O–H groups in total. The molecule has 0 aliphatic carbocycles. The molecule has 0 bridgehead atoms. The van der Waals surface area contributed by atoms with Gasteiger partial charge in [0.1, 0.15) is 0 Å².